The van der Waals surface area contributed by atoms with Gasteiger partial charge in [-0.05, 0) is 18.2 Å². The predicted octanol–water partition coefficient (Wildman–Crippen LogP) is 2.06. The van der Waals surface area contributed by atoms with E-state index in [0.29, 0.717) is 17.0 Å². The van der Waals surface area contributed by atoms with Gasteiger partial charge in [0, 0.05) is 11.8 Å². The first-order valence-electron chi connectivity index (χ1n) is 4.12. The molecule has 1 N–H and O–H groups in total. The zero-order valence-electron chi connectivity index (χ0n) is 7.61. The molecule has 0 aliphatic carbocycles. The molecule has 2 heterocycles. The average Bonchev–Trinajstić information content (AvgIpc) is 2.85. The number of hydrogen-bond acceptors (Lipinski definition) is 3. The predicted molar refractivity (Wildman–Crippen MR) is 49.8 cm³/mol. The number of hydrogen-bond donors (Lipinski definition) is 1. The van der Waals surface area contributed by atoms with E-state index in [-0.39, 0.29) is 0 Å². The van der Waals surface area contributed by atoms with Crippen LogP contribution in [0.4, 0.5) is 0 Å². The summed E-state index contributed by atoms with van der Waals surface area (Å²) in [6, 6.07) is 5.32. The number of esters is 1. The molecule has 0 saturated carbocycles. The minimum atomic E-state index is -0.401. The second-order valence-electron chi connectivity index (χ2n) is 2.74. The third kappa shape index (κ3) is 1.31. The third-order valence-electron chi connectivity index (χ3n) is 1.92. The van der Waals surface area contributed by atoms with Gasteiger partial charge in [0.15, 0.2) is 0 Å². The van der Waals surface area contributed by atoms with E-state index >= 15 is 0 Å². The van der Waals surface area contributed by atoms with Gasteiger partial charge < -0.3 is 14.1 Å². The third-order valence-corrected chi connectivity index (χ3v) is 1.92. The Morgan fingerprint density at radius 3 is 3.00 bits per heavy atom. The van der Waals surface area contributed by atoms with E-state index in [1.54, 1.807) is 30.7 Å². The standard InChI is InChI=1S/C10H9NO3/c1-13-10(12)9-7(4-5-11-9)8-3-2-6-14-8/h2-6,11H,1H3. The molecule has 2 aromatic rings. The number of methoxy groups -OCH3 is 1. The molecule has 0 saturated heterocycles. The van der Waals surface area contributed by atoms with Gasteiger partial charge in [0.25, 0.3) is 0 Å². The molecular formula is C10H9NO3. The number of carbonyl (C=O) groups excluding carboxylic acids is 1. The van der Waals surface area contributed by atoms with Gasteiger partial charge in [-0.3, -0.25) is 0 Å². The van der Waals surface area contributed by atoms with Crippen LogP contribution in [0.3, 0.4) is 0 Å². The number of H-pyrrole nitrogens is 1. The lowest BCUT2D eigenvalue weighted by Gasteiger charge is -1.98. The van der Waals surface area contributed by atoms with Gasteiger partial charge in [-0.15, -0.1) is 0 Å². The van der Waals surface area contributed by atoms with Gasteiger partial charge in [0.2, 0.25) is 0 Å². The Morgan fingerprint density at radius 2 is 2.36 bits per heavy atom. The molecule has 0 spiro atoms. The molecule has 0 aromatic carbocycles. The Hall–Kier alpha value is -1.97. The van der Waals surface area contributed by atoms with Gasteiger partial charge in [0.05, 0.1) is 13.4 Å². The van der Waals surface area contributed by atoms with Crippen LogP contribution in [0.1, 0.15) is 10.5 Å². The Labute approximate surface area is 80.5 Å². The van der Waals surface area contributed by atoms with E-state index < -0.39 is 5.97 Å². The number of aromatic nitrogens is 1. The van der Waals surface area contributed by atoms with Crippen molar-refractivity contribution in [1.29, 1.82) is 0 Å². The van der Waals surface area contributed by atoms with Crippen molar-refractivity contribution in [3.05, 3.63) is 36.4 Å². The Kier molecular flexibility index (Phi) is 2.10. The molecule has 4 heteroatoms. The summed E-state index contributed by atoms with van der Waals surface area (Å²) in [6.07, 6.45) is 3.23. The van der Waals surface area contributed by atoms with Crippen molar-refractivity contribution < 1.29 is 13.9 Å². The summed E-state index contributed by atoms with van der Waals surface area (Å²) in [7, 11) is 1.34. The minimum Gasteiger partial charge on any atom is -0.464 e. The van der Waals surface area contributed by atoms with E-state index in [2.05, 4.69) is 9.72 Å². The van der Waals surface area contributed by atoms with E-state index in [0.717, 1.165) is 0 Å². The maximum absolute atomic E-state index is 11.3. The second kappa shape index (κ2) is 3.41. The van der Waals surface area contributed by atoms with Gasteiger partial charge >= 0.3 is 5.97 Å². The molecule has 2 rings (SSSR count). The highest BCUT2D eigenvalue weighted by atomic mass is 16.5. The molecular weight excluding hydrogens is 182 g/mol. The van der Waals surface area contributed by atoms with Crippen LogP contribution in [0.25, 0.3) is 11.3 Å². The number of ether oxygens (including phenoxy) is 1. The molecule has 2 aromatic heterocycles. The number of furan rings is 1. The van der Waals surface area contributed by atoms with Gasteiger partial charge in [-0.25, -0.2) is 4.79 Å². The first-order valence-corrected chi connectivity index (χ1v) is 4.12. The fourth-order valence-corrected chi connectivity index (χ4v) is 1.28. The highest BCUT2D eigenvalue weighted by Gasteiger charge is 2.15. The Bertz CT molecular complexity index is 428. The van der Waals surface area contributed by atoms with Crippen molar-refractivity contribution in [3.63, 3.8) is 0 Å². The highest BCUT2D eigenvalue weighted by Crippen LogP contribution is 2.23. The molecule has 0 fully saturated rings. The van der Waals surface area contributed by atoms with Crippen LogP contribution in [0.2, 0.25) is 0 Å². The summed E-state index contributed by atoms with van der Waals surface area (Å²) in [4.78, 5) is 14.1. The van der Waals surface area contributed by atoms with Gasteiger partial charge in [-0.1, -0.05) is 0 Å². The number of aromatic amines is 1. The van der Waals surface area contributed by atoms with Crippen LogP contribution in [-0.2, 0) is 4.74 Å². The summed E-state index contributed by atoms with van der Waals surface area (Å²) >= 11 is 0. The number of carbonyl (C=O) groups is 1. The molecule has 0 bridgehead atoms. The highest BCUT2D eigenvalue weighted by molar-refractivity contribution is 5.94. The lowest BCUT2D eigenvalue weighted by molar-refractivity contribution is 0.0595. The smallest absolute Gasteiger partial charge is 0.355 e. The fourth-order valence-electron chi connectivity index (χ4n) is 1.28. The first kappa shape index (κ1) is 8.62. The lowest BCUT2D eigenvalue weighted by atomic mass is 10.2. The molecule has 0 amide bonds. The molecule has 14 heavy (non-hydrogen) atoms. The molecule has 0 aliphatic rings. The van der Waals surface area contributed by atoms with Crippen molar-refractivity contribution in [2.24, 2.45) is 0 Å². The molecule has 0 aliphatic heterocycles. The van der Waals surface area contributed by atoms with E-state index in [9.17, 15) is 4.79 Å². The molecule has 0 unspecified atom stereocenters. The van der Waals surface area contributed by atoms with Crippen LogP contribution >= 0.6 is 0 Å². The summed E-state index contributed by atoms with van der Waals surface area (Å²) in [5, 5.41) is 0. The minimum absolute atomic E-state index is 0.401. The monoisotopic (exact) mass is 191 g/mol. The van der Waals surface area contributed by atoms with E-state index in [1.807, 2.05) is 0 Å². The quantitative estimate of drug-likeness (QED) is 0.739. The summed E-state index contributed by atoms with van der Waals surface area (Å²) < 4.78 is 9.81. The van der Waals surface area contributed by atoms with Gasteiger partial charge in [0.1, 0.15) is 11.5 Å². The first-order chi connectivity index (χ1) is 6.83. The van der Waals surface area contributed by atoms with Crippen molar-refractivity contribution in [2.75, 3.05) is 7.11 Å². The molecule has 0 atom stereocenters. The fraction of sp³-hybridized carbons (Fsp3) is 0.100. The summed E-state index contributed by atoms with van der Waals surface area (Å²) in [6.45, 7) is 0. The molecule has 72 valence electrons. The van der Waals surface area contributed by atoms with Gasteiger partial charge in [-0.2, -0.15) is 0 Å². The maximum Gasteiger partial charge on any atom is 0.355 e. The largest absolute Gasteiger partial charge is 0.464 e. The lowest BCUT2D eigenvalue weighted by Crippen LogP contribution is -2.02. The van der Waals surface area contributed by atoms with Crippen molar-refractivity contribution in [3.8, 4) is 11.3 Å². The van der Waals surface area contributed by atoms with Crippen molar-refractivity contribution >= 4 is 5.97 Å². The average molecular weight is 191 g/mol. The Balaban J connectivity index is 2.45. The SMILES string of the molecule is COC(=O)c1[nH]ccc1-c1ccco1. The normalized spacial score (nSPS) is 10.1. The zero-order valence-corrected chi connectivity index (χ0v) is 7.61. The van der Waals surface area contributed by atoms with E-state index in [1.165, 1.54) is 7.11 Å². The van der Waals surface area contributed by atoms with E-state index in [4.69, 9.17) is 4.42 Å². The van der Waals surface area contributed by atoms with Crippen LogP contribution in [0.5, 0.6) is 0 Å². The zero-order chi connectivity index (χ0) is 9.97. The second-order valence-corrected chi connectivity index (χ2v) is 2.74. The van der Waals surface area contributed by atoms with Crippen LogP contribution in [0.15, 0.2) is 35.1 Å². The Morgan fingerprint density at radius 1 is 1.50 bits per heavy atom. The maximum atomic E-state index is 11.3. The van der Waals surface area contributed by atoms with Crippen LogP contribution in [0, 0.1) is 0 Å². The van der Waals surface area contributed by atoms with Crippen molar-refractivity contribution in [2.45, 2.75) is 0 Å². The van der Waals surface area contributed by atoms with Crippen molar-refractivity contribution in [1.82, 2.24) is 4.98 Å². The molecule has 0 radical (unpaired) electrons. The summed E-state index contributed by atoms with van der Waals surface area (Å²) in [5.41, 5.74) is 1.12. The van der Waals surface area contributed by atoms with Crippen LogP contribution in [-0.4, -0.2) is 18.1 Å². The summed E-state index contributed by atoms with van der Waals surface area (Å²) in [5.74, 6) is 0.244. The number of rotatable bonds is 2. The topological polar surface area (TPSA) is 55.2 Å². The number of nitrogens with one attached hydrogen (secondary N) is 1. The van der Waals surface area contributed by atoms with Crippen LogP contribution < -0.4 is 0 Å². The molecule has 4 nitrogen and oxygen atoms in total.